The Labute approximate surface area is 137 Å². The van der Waals surface area contributed by atoms with Gasteiger partial charge >= 0.3 is 0 Å². The topological polar surface area (TPSA) is 47.6 Å². The Bertz CT molecular complexity index is 668. The van der Waals surface area contributed by atoms with Crippen molar-refractivity contribution in [3.8, 4) is 11.5 Å². The lowest BCUT2D eigenvalue weighted by molar-refractivity contribution is 0.0938. The first-order chi connectivity index (χ1) is 11.1. The highest BCUT2D eigenvalue weighted by Crippen LogP contribution is 2.31. The molecular formula is C19H23NO3. The number of benzene rings is 2. The number of carbonyl (C=O) groups excluding carboxylic acids is 1. The third-order valence-electron chi connectivity index (χ3n) is 3.88. The number of nitrogens with one attached hydrogen (secondary N) is 1. The Hall–Kier alpha value is -2.49. The fourth-order valence-corrected chi connectivity index (χ4v) is 2.52. The van der Waals surface area contributed by atoms with E-state index in [1.165, 1.54) is 0 Å². The van der Waals surface area contributed by atoms with Gasteiger partial charge in [0.2, 0.25) is 0 Å². The second kappa shape index (κ2) is 7.68. The molecule has 0 aliphatic heterocycles. The molecule has 1 amide bonds. The maximum absolute atomic E-state index is 12.7. The predicted molar refractivity (Wildman–Crippen MR) is 91.2 cm³/mol. The van der Waals surface area contributed by atoms with Crippen molar-refractivity contribution in [1.29, 1.82) is 0 Å². The minimum atomic E-state index is -0.112. The summed E-state index contributed by atoms with van der Waals surface area (Å²) in [5.74, 6) is 1.08. The molecule has 0 aliphatic rings. The van der Waals surface area contributed by atoms with Crippen LogP contribution in [0.4, 0.5) is 0 Å². The van der Waals surface area contributed by atoms with Crippen LogP contribution in [0.25, 0.3) is 0 Å². The molecule has 2 aromatic rings. The van der Waals surface area contributed by atoms with E-state index in [9.17, 15) is 4.79 Å². The number of methoxy groups -OCH3 is 2. The lowest BCUT2D eigenvalue weighted by Gasteiger charge is -2.17. The van der Waals surface area contributed by atoms with Gasteiger partial charge in [-0.1, -0.05) is 37.3 Å². The molecular weight excluding hydrogens is 290 g/mol. The molecule has 2 rings (SSSR count). The summed E-state index contributed by atoms with van der Waals surface area (Å²) < 4.78 is 10.6. The summed E-state index contributed by atoms with van der Waals surface area (Å²) in [7, 11) is 3.16. The van der Waals surface area contributed by atoms with E-state index in [2.05, 4.69) is 5.32 Å². The molecule has 1 atom stereocenters. The lowest BCUT2D eigenvalue weighted by Crippen LogP contribution is -2.27. The van der Waals surface area contributed by atoms with E-state index in [0.29, 0.717) is 17.1 Å². The Balaban J connectivity index is 2.28. The van der Waals surface area contributed by atoms with Gasteiger partial charge in [-0.05, 0) is 36.6 Å². The number of amides is 1. The molecule has 0 aliphatic carbocycles. The number of carbonyl (C=O) groups is 1. The number of hydrogen-bond donors (Lipinski definition) is 1. The second-order valence-corrected chi connectivity index (χ2v) is 5.32. The van der Waals surface area contributed by atoms with Crippen LogP contribution in [0.2, 0.25) is 0 Å². The van der Waals surface area contributed by atoms with E-state index >= 15 is 0 Å². The molecule has 0 radical (unpaired) electrons. The third-order valence-corrected chi connectivity index (χ3v) is 3.88. The summed E-state index contributed by atoms with van der Waals surface area (Å²) in [4.78, 5) is 12.7. The second-order valence-electron chi connectivity index (χ2n) is 5.32. The highest BCUT2D eigenvalue weighted by Gasteiger charge is 2.18. The van der Waals surface area contributed by atoms with Crippen LogP contribution >= 0.6 is 0 Å². The van der Waals surface area contributed by atoms with Gasteiger partial charge in [0, 0.05) is 5.56 Å². The fraction of sp³-hybridized carbons (Fsp3) is 0.316. The average molecular weight is 313 g/mol. The number of ether oxygens (including phenoxy) is 2. The van der Waals surface area contributed by atoms with Crippen LogP contribution in [-0.2, 0) is 6.42 Å². The van der Waals surface area contributed by atoms with Gasteiger partial charge in [-0.15, -0.1) is 0 Å². The number of aryl methyl sites for hydroxylation is 1. The van der Waals surface area contributed by atoms with Gasteiger partial charge < -0.3 is 14.8 Å². The van der Waals surface area contributed by atoms with Crippen LogP contribution < -0.4 is 14.8 Å². The summed E-state index contributed by atoms with van der Waals surface area (Å²) in [6, 6.07) is 13.4. The van der Waals surface area contributed by atoms with Crippen LogP contribution in [0.15, 0.2) is 42.5 Å². The van der Waals surface area contributed by atoms with Crippen LogP contribution in [0.1, 0.15) is 41.4 Å². The van der Waals surface area contributed by atoms with E-state index in [-0.39, 0.29) is 11.9 Å². The van der Waals surface area contributed by atoms with Crippen molar-refractivity contribution in [2.45, 2.75) is 26.3 Å². The fourth-order valence-electron chi connectivity index (χ4n) is 2.52. The van der Waals surface area contributed by atoms with E-state index in [1.54, 1.807) is 20.3 Å². The molecule has 122 valence electrons. The molecule has 4 nitrogen and oxygen atoms in total. The molecule has 1 unspecified atom stereocenters. The van der Waals surface area contributed by atoms with Gasteiger partial charge in [0.25, 0.3) is 5.91 Å². The zero-order chi connectivity index (χ0) is 16.8. The molecule has 0 fully saturated rings. The summed E-state index contributed by atoms with van der Waals surface area (Å²) >= 11 is 0. The molecule has 0 aromatic heterocycles. The highest BCUT2D eigenvalue weighted by atomic mass is 16.5. The first-order valence-electron chi connectivity index (χ1n) is 7.71. The van der Waals surface area contributed by atoms with Crippen molar-refractivity contribution in [3.05, 3.63) is 59.2 Å². The molecule has 4 heteroatoms. The standard InChI is InChI=1S/C19H23NO3/c1-5-14-11-17(22-3)18(23-4)12-16(14)19(21)20-13(2)15-9-7-6-8-10-15/h6-13H,5H2,1-4H3,(H,20,21). The van der Waals surface area contributed by atoms with E-state index in [4.69, 9.17) is 9.47 Å². The molecule has 0 saturated heterocycles. The van der Waals surface area contributed by atoms with E-state index < -0.39 is 0 Å². The Morgan fingerprint density at radius 2 is 1.70 bits per heavy atom. The summed E-state index contributed by atoms with van der Waals surface area (Å²) in [5, 5.41) is 3.04. The number of rotatable bonds is 6. The normalized spacial score (nSPS) is 11.7. The largest absolute Gasteiger partial charge is 0.493 e. The van der Waals surface area contributed by atoms with Crippen LogP contribution in [0, 0.1) is 0 Å². The Morgan fingerprint density at radius 1 is 1.09 bits per heavy atom. The van der Waals surface area contributed by atoms with Crippen LogP contribution in [0.3, 0.4) is 0 Å². The van der Waals surface area contributed by atoms with Crippen LogP contribution in [0.5, 0.6) is 11.5 Å². The molecule has 2 aromatic carbocycles. The minimum absolute atomic E-state index is 0.0681. The van der Waals surface area contributed by atoms with Gasteiger partial charge in [-0.3, -0.25) is 4.79 Å². The molecule has 0 saturated carbocycles. The SMILES string of the molecule is CCc1cc(OC)c(OC)cc1C(=O)NC(C)c1ccccc1. The van der Waals surface area contributed by atoms with Crippen molar-refractivity contribution in [3.63, 3.8) is 0 Å². The summed E-state index contributed by atoms with van der Waals surface area (Å²) in [5.41, 5.74) is 2.62. The first-order valence-corrected chi connectivity index (χ1v) is 7.71. The van der Waals surface area contributed by atoms with Crippen molar-refractivity contribution >= 4 is 5.91 Å². The molecule has 23 heavy (non-hydrogen) atoms. The number of hydrogen-bond acceptors (Lipinski definition) is 3. The van der Waals surface area contributed by atoms with Crippen molar-refractivity contribution in [2.24, 2.45) is 0 Å². The quantitative estimate of drug-likeness (QED) is 0.883. The van der Waals surface area contributed by atoms with Gasteiger partial charge in [0.05, 0.1) is 20.3 Å². The third kappa shape index (κ3) is 3.83. The monoisotopic (exact) mass is 313 g/mol. The zero-order valence-electron chi connectivity index (χ0n) is 14.1. The maximum Gasteiger partial charge on any atom is 0.252 e. The Morgan fingerprint density at radius 3 is 2.26 bits per heavy atom. The minimum Gasteiger partial charge on any atom is -0.493 e. The van der Waals surface area contributed by atoms with Crippen molar-refractivity contribution in [2.75, 3.05) is 14.2 Å². The molecule has 0 bridgehead atoms. The van der Waals surface area contributed by atoms with E-state index in [0.717, 1.165) is 17.5 Å². The summed E-state index contributed by atoms with van der Waals surface area (Å²) in [6.07, 6.45) is 0.739. The smallest absolute Gasteiger partial charge is 0.252 e. The van der Waals surface area contributed by atoms with Gasteiger partial charge in [0.15, 0.2) is 11.5 Å². The molecule has 0 heterocycles. The van der Waals surface area contributed by atoms with Gasteiger partial charge in [0.1, 0.15) is 0 Å². The van der Waals surface area contributed by atoms with Crippen molar-refractivity contribution < 1.29 is 14.3 Å². The van der Waals surface area contributed by atoms with Gasteiger partial charge in [-0.25, -0.2) is 0 Å². The first kappa shape index (κ1) is 16.9. The maximum atomic E-state index is 12.7. The van der Waals surface area contributed by atoms with Crippen molar-refractivity contribution in [1.82, 2.24) is 5.32 Å². The Kier molecular flexibility index (Phi) is 5.63. The van der Waals surface area contributed by atoms with E-state index in [1.807, 2.05) is 50.2 Å². The van der Waals surface area contributed by atoms with Crippen LogP contribution in [-0.4, -0.2) is 20.1 Å². The van der Waals surface area contributed by atoms with Gasteiger partial charge in [-0.2, -0.15) is 0 Å². The highest BCUT2D eigenvalue weighted by molar-refractivity contribution is 5.96. The summed E-state index contributed by atoms with van der Waals surface area (Å²) in [6.45, 7) is 3.98. The lowest BCUT2D eigenvalue weighted by atomic mass is 10.0. The average Bonchev–Trinajstić information content (AvgIpc) is 2.60. The molecule has 0 spiro atoms. The zero-order valence-corrected chi connectivity index (χ0v) is 14.1. The molecule has 1 N–H and O–H groups in total. The predicted octanol–water partition coefficient (Wildman–Crippen LogP) is 3.76.